The average molecular weight is 402 g/mol. The number of rotatable bonds is 6. The van der Waals surface area contributed by atoms with Gasteiger partial charge in [0.2, 0.25) is 0 Å². The number of nitrogens with zero attached hydrogens (tertiary/aromatic N) is 1. The molecule has 0 bridgehead atoms. The third kappa shape index (κ3) is 5.16. The highest BCUT2D eigenvalue weighted by Crippen LogP contribution is 2.37. The molecule has 7 nitrogen and oxygen atoms in total. The van der Waals surface area contributed by atoms with Crippen LogP contribution in [0.3, 0.4) is 0 Å². The quantitative estimate of drug-likeness (QED) is 0.437. The summed E-state index contributed by atoms with van der Waals surface area (Å²) in [4.78, 5) is 21.7. The smallest absolute Gasteiger partial charge is 0.423 e. The zero-order valence-corrected chi connectivity index (χ0v) is 14.3. The molecular formula is C17H14F4N2O5. The maximum Gasteiger partial charge on any atom is 0.423 e. The molecular weight excluding hydrogens is 388 g/mol. The van der Waals surface area contributed by atoms with E-state index in [9.17, 15) is 37.6 Å². The molecule has 0 unspecified atom stereocenters. The molecule has 150 valence electrons. The first-order valence-corrected chi connectivity index (χ1v) is 7.68. The molecule has 2 N–H and O–H groups in total. The van der Waals surface area contributed by atoms with Gasteiger partial charge in [0.05, 0.1) is 4.92 Å². The molecule has 1 atom stereocenters. The van der Waals surface area contributed by atoms with Gasteiger partial charge in [-0.25, -0.2) is 4.39 Å². The summed E-state index contributed by atoms with van der Waals surface area (Å²) >= 11 is 0. The van der Waals surface area contributed by atoms with Gasteiger partial charge in [0, 0.05) is 11.8 Å². The Labute approximate surface area is 155 Å². The first kappa shape index (κ1) is 21.1. The Morgan fingerprint density at radius 1 is 1.21 bits per heavy atom. The minimum Gasteiger partial charge on any atom is -0.490 e. The third-order valence-electron chi connectivity index (χ3n) is 3.58. The summed E-state index contributed by atoms with van der Waals surface area (Å²) in [5.41, 5.74) is -5.27. The number of carbonyl (C=O) groups excluding carboxylic acids is 1. The van der Waals surface area contributed by atoms with Gasteiger partial charge >= 0.3 is 6.18 Å². The number of ether oxygens (including phenoxy) is 1. The molecule has 0 aromatic heterocycles. The second-order valence-corrected chi connectivity index (χ2v) is 5.96. The Hall–Kier alpha value is -3.21. The van der Waals surface area contributed by atoms with Crippen molar-refractivity contribution in [2.45, 2.75) is 18.7 Å². The van der Waals surface area contributed by atoms with Crippen molar-refractivity contribution < 1.29 is 37.1 Å². The van der Waals surface area contributed by atoms with Crippen LogP contribution in [-0.4, -0.2) is 28.1 Å². The normalized spacial score (nSPS) is 13.5. The molecule has 2 rings (SSSR count). The molecule has 1 amide bonds. The number of carbonyl (C=O) groups is 1. The lowest BCUT2D eigenvalue weighted by molar-refractivity contribution is -0.388. The van der Waals surface area contributed by atoms with E-state index in [1.54, 1.807) is 0 Å². The Balaban J connectivity index is 2.14. The van der Waals surface area contributed by atoms with Crippen LogP contribution in [0.25, 0.3) is 0 Å². The molecule has 0 aliphatic heterocycles. The monoisotopic (exact) mass is 402 g/mol. The van der Waals surface area contributed by atoms with E-state index < -0.39 is 52.0 Å². The second-order valence-electron chi connectivity index (χ2n) is 5.96. The molecule has 0 aliphatic carbocycles. The van der Waals surface area contributed by atoms with Gasteiger partial charge in [-0.2, -0.15) is 13.2 Å². The van der Waals surface area contributed by atoms with Crippen LogP contribution in [0, 0.1) is 15.9 Å². The zero-order valence-electron chi connectivity index (χ0n) is 14.3. The minimum atomic E-state index is -5.02. The number of anilines is 1. The van der Waals surface area contributed by atoms with E-state index in [-0.39, 0.29) is 5.75 Å². The molecule has 0 aliphatic rings. The number of alkyl halides is 3. The van der Waals surface area contributed by atoms with Crippen LogP contribution in [0.15, 0.2) is 42.5 Å². The van der Waals surface area contributed by atoms with Crippen LogP contribution in [0.2, 0.25) is 0 Å². The van der Waals surface area contributed by atoms with Gasteiger partial charge in [-0.15, -0.1) is 0 Å². The van der Waals surface area contributed by atoms with Gasteiger partial charge in [0.1, 0.15) is 23.7 Å². The molecule has 0 spiro atoms. The summed E-state index contributed by atoms with van der Waals surface area (Å²) in [6, 6.07) is 6.61. The molecule has 0 saturated heterocycles. The van der Waals surface area contributed by atoms with Crippen LogP contribution in [-0.2, 0) is 11.0 Å². The lowest BCUT2D eigenvalue weighted by Gasteiger charge is -2.23. The summed E-state index contributed by atoms with van der Waals surface area (Å²) in [7, 11) is 0. The van der Waals surface area contributed by atoms with Gasteiger partial charge in [0.25, 0.3) is 11.6 Å². The Kier molecular flexibility index (Phi) is 5.88. The van der Waals surface area contributed by atoms with Gasteiger partial charge < -0.3 is 15.2 Å². The molecule has 2 aromatic carbocycles. The van der Waals surface area contributed by atoms with Crippen LogP contribution in [0.1, 0.15) is 12.5 Å². The maximum absolute atomic E-state index is 13.0. The van der Waals surface area contributed by atoms with Crippen molar-refractivity contribution in [1.29, 1.82) is 0 Å². The summed E-state index contributed by atoms with van der Waals surface area (Å²) in [6.45, 7) is 0.478. The molecule has 0 radical (unpaired) electrons. The highest BCUT2D eigenvalue weighted by atomic mass is 19.4. The van der Waals surface area contributed by atoms with Gasteiger partial charge in [-0.05, 0) is 43.3 Å². The SMILES string of the molecule is C[C@@](O)(COc1ccc(F)cc1)C(=O)Nc1ccc([N+](=O)[O-])c(C(F)(F)F)c1. The number of aliphatic hydroxyl groups is 1. The van der Waals surface area contributed by atoms with Crippen LogP contribution in [0.5, 0.6) is 5.75 Å². The predicted molar refractivity (Wildman–Crippen MR) is 89.2 cm³/mol. The van der Waals surface area contributed by atoms with E-state index in [0.29, 0.717) is 12.1 Å². The standard InChI is InChI=1S/C17H14F4N2O5/c1-16(25,9-28-12-5-2-10(18)3-6-12)15(24)22-11-4-7-14(23(26)27)13(8-11)17(19,20)21/h2-8,25H,9H2,1H3,(H,22,24)/t16-/m1/s1. The lowest BCUT2D eigenvalue weighted by atomic mass is 10.1. The third-order valence-corrected chi connectivity index (χ3v) is 3.58. The van der Waals surface area contributed by atoms with Crippen molar-refractivity contribution in [3.05, 3.63) is 64.0 Å². The number of nitro groups is 1. The summed E-state index contributed by atoms with van der Waals surface area (Å²) in [5.74, 6) is -1.46. The fourth-order valence-corrected chi connectivity index (χ4v) is 2.09. The van der Waals surface area contributed by atoms with Crippen LogP contribution < -0.4 is 10.1 Å². The highest BCUT2D eigenvalue weighted by Gasteiger charge is 2.39. The number of amides is 1. The number of nitrogens with one attached hydrogen (secondary N) is 1. The first-order valence-electron chi connectivity index (χ1n) is 7.68. The van der Waals surface area contributed by atoms with Gasteiger partial charge in [-0.3, -0.25) is 14.9 Å². The number of hydrogen-bond donors (Lipinski definition) is 2. The molecule has 28 heavy (non-hydrogen) atoms. The topological polar surface area (TPSA) is 102 Å². The van der Waals surface area contributed by atoms with Crippen LogP contribution in [0.4, 0.5) is 28.9 Å². The van der Waals surface area contributed by atoms with Crippen molar-refractivity contribution in [2.24, 2.45) is 0 Å². The number of halogens is 4. The van der Waals surface area contributed by atoms with Crippen molar-refractivity contribution >= 4 is 17.3 Å². The van der Waals surface area contributed by atoms with E-state index in [0.717, 1.165) is 25.1 Å². The van der Waals surface area contributed by atoms with E-state index in [2.05, 4.69) is 5.32 Å². The number of benzene rings is 2. The van der Waals surface area contributed by atoms with E-state index in [1.165, 1.54) is 12.1 Å². The fraction of sp³-hybridized carbons (Fsp3) is 0.235. The van der Waals surface area contributed by atoms with Crippen molar-refractivity contribution in [3.8, 4) is 5.75 Å². The minimum absolute atomic E-state index is 0.157. The maximum atomic E-state index is 13.0. The molecule has 11 heteroatoms. The van der Waals surface area contributed by atoms with E-state index >= 15 is 0 Å². The van der Waals surface area contributed by atoms with Crippen LogP contribution >= 0.6 is 0 Å². The average Bonchev–Trinajstić information content (AvgIpc) is 2.60. The Morgan fingerprint density at radius 3 is 2.36 bits per heavy atom. The van der Waals surface area contributed by atoms with E-state index in [1.807, 2.05) is 0 Å². The first-order chi connectivity index (χ1) is 12.9. The molecule has 0 heterocycles. The molecule has 0 saturated carbocycles. The van der Waals surface area contributed by atoms with Crippen molar-refractivity contribution in [1.82, 2.24) is 0 Å². The number of nitro benzene ring substituents is 1. The predicted octanol–water partition coefficient (Wildman–Crippen LogP) is 3.52. The van der Waals surface area contributed by atoms with Crippen molar-refractivity contribution in [3.63, 3.8) is 0 Å². The largest absolute Gasteiger partial charge is 0.490 e. The second kappa shape index (κ2) is 7.80. The van der Waals surface area contributed by atoms with Crippen molar-refractivity contribution in [2.75, 3.05) is 11.9 Å². The molecule has 0 fully saturated rings. The lowest BCUT2D eigenvalue weighted by Crippen LogP contribution is -2.45. The summed E-state index contributed by atoms with van der Waals surface area (Å²) in [6.07, 6.45) is -5.02. The summed E-state index contributed by atoms with van der Waals surface area (Å²) < 4.78 is 57.0. The Bertz CT molecular complexity index is 882. The van der Waals surface area contributed by atoms with E-state index in [4.69, 9.17) is 4.74 Å². The van der Waals surface area contributed by atoms with Gasteiger partial charge in [0.15, 0.2) is 5.60 Å². The molecule has 2 aromatic rings. The Morgan fingerprint density at radius 2 is 1.82 bits per heavy atom. The number of hydrogen-bond acceptors (Lipinski definition) is 5. The highest BCUT2D eigenvalue weighted by molar-refractivity contribution is 5.97. The summed E-state index contributed by atoms with van der Waals surface area (Å²) in [5, 5.41) is 23.0. The van der Waals surface area contributed by atoms with Gasteiger partial charge in [-0.1, -0.05) is 0 Å². The zero-order chi connectivity index (χ0) is 21.1. The fourth-order valence-electron chi connectivity index (χ4n) is 2.09.